The van der Waals surface area contributed by atoms with Crippen LogP contribution < -0.4 is 16.6 Å². The highest BCUT2D eigenvalue weighted by atomic mass is 16.5. The molecule has 0 aliphatic heterocycles. The number of carbonyl (C=O) groups is 2. The summed E-state index contributed by atoms with van der Waals surface area (Å²) < 4.78 is 7.37. The van der Waals surface area contributed by atoms with Gasteiger partial charge in [-0.05, 0) is 24.5 Å². The average Bonchev–Trinajstić information content (AvgIpc) is 2.78. The summed E-state index contributed by atoms with van der Waals surface area (Å²) in [4.78, 5) is 54.0. The van der Waals surface area contributed by atoms with Crippen molar-refractivity contribution < 1.29 is 14.3 Å². The van der Waals surface area contributed by atoms with Crippen LogP contribution in [0.1, 0.15) is 41.9 Å². The van der Waals surface area contributed by atoms with Crippen LogP contribution in [0.25, 0.3) is 10.9 Å². The summed E-state index contributed by atoms with van der Waals surface area (Å²) >= 11 is 0. The zero-order chi connectivity index (χ0) is 23.4. The number of aryl methyl sites for hydroxylation is 1. The molecule has 0 radical (unpaired) electrons. The molecular weight excluding hydrogens is 412 g/mol. The van der Waals surface area contributed by atoms with Gasteiger partial charge in [-0.15, -0.1) is 0 Å². The Hall–Kier alpha value is -3.75. The molecule has 0 spiro atoms. The van der Waals surface area contributed by atoms with Crippen LogP contribution in [0.3, 0.4) is 0 Å². The van der Waals surface area contributed by atoms with Crippen LogP contribution in [-0.2, 0) is 36.5 Å². The number of benzene rings is 1. The second-order valence-corrected chi connectivity index (χ2v) is 7.43. The maximum Gasteiger partial charge on any atom is 0.339 e. The van der Waals surface area contributed by atoms with E-state index in [9.17, 15) is 19.2 Å². The molecule has 9 heteroatoms. The number of para-hydroxylation sites is 1. The Morgan fingerprint density at radius 3 is 2.50 bits per heavy atom. The molecule has 1 amide bonds. The molecule has 3 rings (SSSR count). The molecule has 0 saturated heterocycles. The standard InChI is InChI=1S/C23H26N4O5/c1-5-9-16-14(6-2)21(15-10-7-8-11-17(15)24-16)22(30)32-13-19(28)25-18-12-20(29)27(4)23(31)26(18)3/h7-8,10-12H,5-6,9,13H2,1-4H3,(H,25,28). The first kappa shape index (κ1) is 22.9. The quantitative estimate of drug-likeness (QED) is 0.564. The van der Waals surface area contributed by atoms with E-state index in [1.54, 1.807) is 0 Å². The normalized spacial score (nSPS) is 10.9. The molecule has 0 aliphatic carbocycles. The second-order valence-electron chi connectivity index (χ2n) is 7.43. The van der Waals surface area contributed by atoms with Gasteiger partial charge in [-0.3, -0.25) is 23.7 Å². The van der Waals surface area contributed by atoms with Gasteiger partial charge in [0.1, 0.15) is 5.82 Å². The number of fused-ring (bicyclic) bond motifs is 1. The predicted octanol–water partition coefficient (Wildman–Crippen LogP) is 1.94. The maximum atomic E-state index is 13.0. The number of carbonyl (C=O) groups excluding carboxylic acids is 2. The Balaban J connectivity index is 1.86. The monoisotopic (exact) mass is 438 g/mol. The highest BCUT2D eigenvalue weighted by molar-refractivity contribution is 6.06. The van der Waals surface area contributed by atoms with Gasteiger partial charge in [-0.2, -0.15) is 0 Å². The number of hydrogen-bond donors (Lipinski definition) is 1. The number of nitrogens with one attached hydrogen (secondary N) is 1. The van der Waals surface area contributed by atoms with E-state index in [1.165, 1.54) is 14.1 Å². The minimum Gasteiger partial charge on any atom is -0.452 e. The fourth-order valence-electron chi connectivity index (χ4n) is 3.59. The molecule has 0 atom stereocenters. The topological polar surface area (TPSA) is 112 Å². The van der Waals surface area contributed by atoms with Gasteiger partial charge in [0, 0.05) is 31.2 Å². The Bertz CT molecular complexity index is 1310. The fourth-order valence-corrected chi connectivity index (χ4v) is 3.59. The lowest BCUT2D eigenvalue weighted by Gasteiger charge is -2.15. The van der Waals surface area contributed by atoms with E-state index >= 15 is 0 Å². The van der Waals surface area contributed by atoms with Crippen LogP contribution in [-0.4, -0.2) is 32.6 Å². The van der Waals surface area contributed by atoms with Gasteiger partial charge in [0.15, 0.2) is 6.61 Å². The zero-order valence-electron chi connectivity index (χ0n) is 18.6. The largest absolute Gasteiger partial charge is 0.452 e. The molecule has 1 aromatic carbocycles. The molecule has 0 aliphatic rings. The molecule has 0 bridgehead atoms. The summed E-state index contributed by atoms with van der Waals surface area (Å²) in [6, 6.07) is 8.46. The SMILES string of the molecule is CCCc1nc2ccccc2c(C(=O)OCC(=O)Nc2cc(=O)n(C)c(=O)n2C)c1CC. The molecule has 0 unspecified atom stereocenters. The van der Waals surface area contributed by atoms with Gasteiger partial charge < -0.3 is 10.1 Å². The van der Waals surface area contributed by atoms with Crippen LogP contribution >= 0.6 is 0 Å². The highest BCUT2D eigenvalue weighted by Crippen LogP contribution is 2.26. The Labute approximate surface area is 184 Å². The number of anilines is 1. The number of aromatic nitrogens is 3. The number of amides is 1. The summed E-state index contributed by atoms with van der Waals surface area (Å²) in [5.74, 6) is -1.26. The Morgan fingerprint density at radius 2 is 1.81 bits per heavy atom. The van der Waals surface area contributed by atoms with Gasteiger partial charge in [-0.1, -0.05) is 38.5 Å². The second kappa shape index (κ2) is 9.59. The zero-order valence-corrected chi connectivity index (χ0v) is 18.6. The Kier molecular flexibility index (Phi) is 6.87. The highest BCUT2D eigenvalue weighted by Gasteiger charge is 2.21. The minimum atomic E-state index is -0.660. The smallest absolute Gasteiger partial charge is 0.339 e. The van der Waals surface area contributed by atoms with E-state index in [1.807, 2.05) is 38.1 Å². The van der Waals surface area contributed by atoms with Gasteiger partial charge in [0.25, 0.3) is 11.5 Å². The number of pyridine rings is 1. The van der Waals surface area contributed by atoms with Gasteiger partial charge in [0.2, 0.25) is 0 Å². The molecule has 9 nitrogen and oxygen atoms in total. The third-order valence-electron chi connectivity index (χ3n) is 5.25. The van der Waals surface area contributed by atoms with Crippen molar-refractivity contribution in [3.05, 3.63) is 68.0 Å². The molecule has 0 saturated carbocycles. The van der Waals surface area contributed by atoms with E-state index < -0.39 is 29.7 Å². The fraction of sp³-hybridized carbons (Fsp3) is 0.348. The lowest BCUT2D eigenvalue weighted by molar-refractivity contribution is -0.119. The molecule has 32 heavy (non-hydrogen) atoms. The molecule has 3 aromatic rings. The van der Waals surface area contributed by atoms with E-state index in [2.05, 4.69) is 5.32 Å². The van der Waals surface area contributed by atoms with E-state index in [4.69, 9.17) is 9.72 Å². The number of nitrogens with zero attached hydrogens (tertiary/aromatic N) is 3. The van der Waals surface area contributed by atoms with E-state index in [0.29, 0.717) is 22.9 Å². The van der Waals surface area contributed by atoms with Crippen LogP contribution in [0.15, 0.2) is 39.9 Å². The third kappa shape index (κ3) is 4.46. The first-order valence-corrected chi connectivity index (χ1v) is 10.4. The molecular formula is C23H26N4O5. The number of esters is 1. The van der Waals surface area contributed by atoms with Crippen molar-refractivity contribution in [2.75, 3.05) is 11.9 Å². The van der Waals surface area contributed by atoms with Gasteiger partial charge >= 0.3 is 11.7 Å². The summed E-state index contributed by atoms with van der Waals surface area (Å²) in [7, 11) is 2.77. The summed E-state index contributed by atoms with van der Waals surface area (Å²) in [5, 5.41) is 3.11. The number of ether oxygens (including phenoxy) is 1. The van der Waals surface area contributed by atoms with Gasteiger partial charge in [-0.25, -0.2) is 9.59 Å². The lowest BCUT2D eigenvalue weighted by Crippen LogP contribution is -2.38. The van der Waals surface area contributed by atoms with Crippen LogP contribution in [0.4, 0.5) is 5.82 Å². The van der Waals surface area contributed by atoms with E-state index in [0.717, 1.165) is 39.3 Å². The van der Waals surface area contributed by atoms with Crippen LogP contribution in [0, 0.1) is 0 Å². The third-order valence-corrected chi connectivity index (χ3v) is 5.25. The number of rotatable bonds is 7. The van der Waals surface area contributed by atoms with Crippen LogP contribution in [0.2, 0.25) is 0 Å². The molecule has 168 valence electrons. The first-order valence-electron chi connectivity index (χ1n) is 10.4. The van der Waals surface area contributed by atoms with Crippen molar-refractivity contribution in [3.8, 4) is 0 Å². The minimum absolute atomic E-state index is 0.0213. The molecule has 2 heterocycles. The van der Waals surface area contributed by atoms with E-state index in [-0.39, 0.29) is 5.82 Å². The maximum absolute atomic E-state index is 13.0. The van der Waals surface area contributed by atoms with Crippen molar-refractivity contribution in [1.82, 2.24) is 14.1 Å². The molecule has 2 aromatic heterocycles. The molecule has 0 fully saturated rings. The lowest BCUT2D eigenvalue weighted by atomic mass is 9.96. The molecule has 1 N–H and O–H groups in total. The number of hydrogen-bond acceptors (Lipinski definition) is 6. The van der Waals surface area contributed by atoms with Gasteiger partial charge in [0.05, 0.1) is 11.1 Å². The first-order chi connectivity index (χ1) is 15.3. The summed E-state index contributed by atoms with van der Waals surface area (Å²) in [6.07, 6.45) is 2.20. The van der Waals surface area contributed by atoms with Crippen molar-refractivity contribution in [1.29, 1.82) is 0 Å². The summed E-state index contributed by atoms with van der Waals surface area (Å²) in [6.45, 7) is 3.43. The van der Waals surface area contributed by atoms with Crippen LogP contribution in [0.5, 0.6) is 0 Å². The van der Waals surface area contributed by atoms with Crippen molar-refractivity contribution in [2.45, 2.75) is 33.1 Å². The Morgan fingerprint density at radius 1 is 1.09 bits per heavy atom. The summed E-state index contributed by atoms with van der Waals surface area (Å²) in [5.41, 5.74) is 1.63. The average molecular weight is 438 g/mol. The van der Waals surface area contributed by atoms with Crippen molar-refractivity contribution >= 4 is 28.6 Å². The van der Waals surface area contributed by atoms with Crippen molar-refractivity contribution in [2.24, 2.45) is 14.1 Å². The van der Waals surface area contributed by atoms with Crippen molar-refractivity contribution in [3.63, 3.8) is 0 Å². The predicted molar refractivity (Wildman–Crippen MR) is 121 cm³/mol.